The molecule has 0 spiro atoms. The molecule has 0 radical (unpaired) electrons. The second kappa shape index (κ2) is 3.47. The van der Waals surface area contributed by atoms with Crippen LogP contribution >= 0.6 is 24.0 Å². The molecule has 1 saturated heterocycles. The Hall–Kier alpha value is -0.580. The van der Waals surface area contributed by atoms with E-state index in [-0.39, 0.29) is 0 Å². The van der Waals surface area contributed by atoms with Gasteiger partial charge in [0, 0.05) is 13.6 Å². The van der Waals surface area contributed by atoms with Gasteiger partial charge in [-0.15, -0.1) is 0 Å². The van der Waals surface area contributed by atoms with Crippen molar-refractivity contribution >= 4 is 28.3 Å². The number of hydrazine groups is 1. The lowest BCUT2D eigenvalue weighted by Crippen LogP contribution is -2.40. The van der Waals surface area contributed by atoms with Crippen molar-refractivity contribution in [1.82, 2.24) is 10.0 Å². The van der Waals surface area contributed by atoms with Crippen molar-refractivity contribution in [2.24, 2.45) is 0 Å². The van der Waals surface area contributed by atoms with Crippen LogP contribution in [0.5, 0.6) is 0 Å². The lowest BCUT2D eigenvalue weighted by atomic mass is 10.0. The predicted molar refractivity (Wildman–Crippen MR) is 67.5 cm³/mol. The maximum absolute atomic E-state index is 5.33. The van der Waals surface area contributed by atoms with Gasteiger partial charge in [0.1, 0.15) is 5.37 Å². The van der Waals surface area contributed by atoms with Crippen LogP contribution in [-0.2, 0) is 6.42 Å². The summed E-state index contributed by atoms with van der Waals surface area (Å²) in [6, 6.07) is 8.69. The van der Waals surface area contributed by atoms with Crippen LogP contribution in [0.1, 0.15) is 16.5 Å². The number of fused-ring (bicyclic) bond motifs is 3. The second-order valence-corrected chi connectivity index (χ2v) is 5.59. The first-order chi connectivity index (χ1) is 7.27. The summed E-state index contributed by atoms with van der Waals surface area (Å²) < 4.78 is 0.983. The third-order valence-corrected chi connectivity index (χ3v) is 4.80. The van der Waals surface area contributed by atoms with Crippen molar-refractivity contribution in [1.29, 1.82) is 0 Å². The second-order valence-electron chi connectivity index (χ2n) is 3.87. The third kappa shape index (κ3) is 1.40. The van der Waals surface area contributed by atoms with Crippen molar-refractivity contribution in [3.8, 4) is 0 Å². The topological polar surface area (TPSA) is 6.48 Å². The van der Waals surface area contributed by atoms with Crippen LogP contribution in [-0.4, -0.2) is 27.9 Å². The molecule has 1 aromatic rings. The molecule has 1 unspecified atom stereocenters. The lowest BCUT2D eigenvalue weighted by molar-refractivity contribution is 0.0652. The first kappa shape index (κ1) is 9.63. The molecule has 78 valence electrons. The van der Waals surface area contributed by atoms with Crippen LogP contribution in [0.25, 0.3) is 0 Å². The zero-order chi connectivity index (χ0) is 10.4. The predicted octanol–water partition coefficient (Wildman–Crippen LogP) is 2.42. The molecule has 1 atom stereocenters. The summed E-state index contributed by atoms with van der Waals surface area (Å²) >= 11 is 7.12. The highest BCUT2D eigenvalue weighted by atomic mass is 32.2. The van der Waals surface area contributed by atoms with E-state index < -0.39 is 0 Å². The Morgan fingerprint density at radius 1 is 1.40 bits per heavy atom. The average molecular weight is 236 g/mol. The van der Waals surface area contributed by atoms with Crippen LogP contribution in [0.3, 0.4) is 0 Å². The van der Waals surface area contributed by atoms with Gasteiger partial charge in [0.15, 0.2) is 4.32 Å². The molecule has 2 aliphatic heterocycles. The molecule has 1 aromatic carbocycles. The minimum absolute atomic E-state index is 0.410. The molecule has 3 rings (SSSR count). The lowest BCUT2D eigenvalue weighted by Gasteiger charge is -2.34. The van der Waals surface area contributed by atoms with E-state index in [0.717, 1.165) is 17.3 Å². The Balaban J connectivity index is 2.05. The standard InChI is InChI=1S/C11H12N2S2/c1-12-11(14)15-10-9-5-3-2-4-8(9)6-7-13(10)12/h2-5,10H,6-7H2,1H3. The fourth-order valence-electron chi connectivity index (χ4n) is 2.22. The van der Waals surface area contributed by atoms with Crippen molar-refractivity contribution in [3.63, 3.8) is 0 Å². The largest absolute Gasteiger partial charge is 0.292 e. The van der Waals surface area contributed by atoms with Crippen LogP contribution in [0.2, 0.25) is 0 Å². The van der Waals surface area contributed by atoms with Crippen LogP contribution in [0, 0.1) is 0 Å². The molecule has 0 N–H and O–H groups in total. The van der Waals surface area contributed by atoms with Gasteiger partial charge in [-0.25, -0.2) is 5.01 Å². The van der Waals surface area contributed by atoms with Gasteiger partial charge >= 0.3 is 0 Å². The Labute approximate surface area is 99.2 Å². The summed E-state index contributed by atoms with van der Waals surface area (Å²) in [4.78, 5) is 0. The van der Waals surface area contributed by atoms with E-state index in [0.29, 0.717) is 5.37 Å². The van der Waals surface area contributed by atoms with Gasteiger partial charge in [-0.05, 0) is 17.5 Å². The molecule has 15 heavy (non-hydrogen) atoms. The Kier molecular flexibility index (Phi) is 2.23. The highest BCUT2D eigenvalue weighted by molar-refractivity contribution is 8.23. The summed E-state index contributed by atoms with van der Waals surface area (Å²) in [5, 5.41) is 4.88. The SMILES string of the molecule is CN1C(=S)SC2c3ccccc3CCN21. The summed E-state index contributed by atoms with van der Waals surface area (Å²) in [6.45, 7) is 1.07. The maximum Gasteiger partial charge on any atom is 0.152 e. The molecular formula is C11H12N2S2. The Bertz CT molecular complexity index is 419. The molecule has 0 bridgehead atoms. The number of benzene rings is 1. The van der Waals surface area contributed by atoms with E-state index in [1.54, 1.807) is 11.8 Å². The van der Waals surface area contributed by atoms with E-state index in [1.807, 2.05) is 0 Å². The number of hydrogen-bond donors (Lipinski definition) is 0. The highest BCUT2D eigenvalue weighted by Gasteiger charge is 2.38. The van der Waals surface area contributed by atoms with E-state index in [2.05, 4.69) is 41.3 Å². The van der Waals surface area contributed by atoms with Gasteiger partial charge in [0.25, 0.3) is 0 Å². The molecule has 2 nitrogen and oxygen atoms in total. The Morgan fingerprint density at radius 3 is 3.07 bits per heavy atom. The molecule has 1 fully saturated rings. The number of rotatable bonds is 0. The van der Waals surface area contributed by atoms with Gasteiger partial charge in [-0.1, -0.05) is 48.2 Å². The van der Waals surface area contributed by atoms with Crippen molar-refractivity contribution in [2.45, 2.75) is 11.8 Å². The minimum atomic E-state index is 0.410. The van der Waals surface area contributed by atoms with E-state index in [9.17, 15) is 0 Å². The number of nitrogens with zero attached hydrogens (tertiary/aromatic N) is 2. The number of thioether (sulfide) groups is 1. The van der Waals surface area contributed by atoms with Crippen molar-refractivity contribution in [2.75, 3.05) is 13.6 Å². The zero-order valence-corrected chi connectivity index (χ0v) is 10.1. The van der Waals surface area contributed by atoms with Crippen LogP contribution < -0.4 is 0 Å². The van der Waals surface area contributed by atoms with Gasteiger partial charge in [0.05, 0.1) is 0 Å². The number of thiocarbonyl (C=S) groups is 1. The Morgan fingerprint density at radius 2 is 2.20 bits per heavy atom. The normalized spacial score (nSPS) is 25.3. The van der Waals surface area contributed by atoms with Crippen molar-refractivity contribution in [3.05, 3.63) is 35.4 Å². The molecule has 2 heterocycles. The number of hydrogen-bond acceptors (Lipinski definition) is 3. The zero-order valence-electron chi connectivity index (χ0n) is 8.51. The monoisotopic (exact) mass is 236 g/mol. The quantitative estimate of drug-likeness (QED) is 0.638. The fourth-order valence-corrected chi connectivity index (χ4v) is 3.78. The third-order valence-electron chi connectivity index (χ3n) is 3.06. The van der Waals surface area contributed by atoms with Gasteiger partial charge in [-0.2, -0.15) is 0 Å². The van der Waals surface area contributed by atoms with E-state index >= 15 is 0 Å². The highest BCUT2D eigenvalue weighted by Crippen LogP contribution is 2.45. The van der Waals surface area contributed by atoms with Gasteiger partial charge < -0.3 is 0 Å². The molecule has 0 saturated carbocycles. The average Bonchev–Trinajstić information content (AvgIpc) is 2.56. The van der Waals surface area contributed by atoms with Gasteiger partial charge in [-0.3, -0.25) is 5.01 Å². The summed E-state index contributed by atoms with van der Waals surface area (Å²) in [6.07, 6.45) is 1.13. The van der Waals surface area contributed by atoms with E-state index in [1.165, 1.54) is 11.1 Å². The molecule has 2 aliphatic rings. The minimum Gasteiger partial charge on any atom is -0.292 e. The van der Waals surface area contributed by atoms with Gasteiger partial charge in [0.2, 0.25) is 0 Å². The maximum atomic E-state index is 5.33. The van der Waals surface area contributed by atoms with E-state index in [4.69, 9.17) is 12.2 Å². The molecule has 0 amide bonds. The molecule has 4 heteroatoms. The molecule has 0 aromatic heterocycles. The molecular weight excluding hydrogens is 224 g/mol. The van der Waals surface area contributed by atoms with Crippen molar-refractivity contribution < 1.29 is 0 Å². The van der Waals surface area contributed by atoms with Crippen LogP contribution in [0.15, 0.2) is 24.3 Å². The summed E-state index contributed by atoms with van der Waals surface area (Å²) in [5.41, 5.74) is 2.91. The summed E-state index contributed by atoms with van der Waals surface area (Å²) in [7, 11) is 2.06. The molecule has 0 aliphatic carbocycles. The smallest absolute Gasteiger partial charge is 0.152 e. The fraction of sp³-hybridized carbons (Fsp3) is 0.364. The summed E-state index contributed by atoms with van der Waals surface area (Å²) in [5.74, 6) is 0. The first-order valence-electron chi connectivity index (χ1n) is 5.06. The van der Waals surface area contributed by atoms with Crippen LogP contribution in [0.4, 0.5) is 0 Å². The first-order valence-corrected chi connectivity index (χ1v) is 6.35.